The first kappa shape index (κ1) is 16.6. The van der Waals surface area contributed by atoms with Gasteiger partial charge in [0.05, 0.1) is 24.0 Å². The Morgan fingerprint density at radius 3 is 2.61 bits per heavy atom. The second-order valence-electron chi connectivity index (χ2n) is 6.92. The predicted molar refractivity (Wildman–Crippen MR) is 87.5 cm³/mol. The van der Waals surface area contributed by atoms with Gasteiger partial charge in [-0.3, -0.25) is 4.79 Å². The van der Waals surface area contributed by atoms with Crippen LogP contribution in [0.3, 0.4) is 0 Å². The van der Waals surface area contributed by atoms with Gasteiger partial charge in [-0.2, -0.15) is 0 Å². The quantitative estimate of drug-likeness (QED) is 0.827. The number of hydrogen-bond acceptors (Lipinski definition) is 4. The number of carbonyl (C=O) groups excluding carboxylic acids is 1. The molecular weight excluding hydrogens is 314 g/mol. The molecule has 5 nitrogen and oxygen atoms in total. The lowest BCUT2D eigenvalue weighted by molar-refractivity contribution is -0.135. The minimum absolute atomic E-state index is 0.0112. The Morgan fingerprint density at radius 2 is 2.00 bits per heavy atom. The van der Waals surface area contributed by atoms with E-state index in [-0.39, 0.29) is 29.4 Å². The minimum Gasteiger partial charge on any atom is -0.472 e. The van der Waals surface area contributed by atoms with Crippen molar-refractivity contribution in [3.8, 4) is 0 Å². The zero-order chi connectivity index (χ0) is 16.3. The van der Waals surface area contributed by atoms with Crippen LogP contribution < -0.4 is 0 Å². The molecule has 6 heteroatoms. The highest BCUT2D eigenvalue weighted by molar-refractivity contribution is 7.91. The second-order valence-corrected chi connectivity index (χ2v) is 9.15. The van der Waals surface area contributed by atoms with E-state index < -0.39 is 9.84 Å². The van der Waals surface area contributed by atoms with Gasteiger partial charge in [0.2, 0.25) is 5.91 Å². The van der Waals surface area contributed by atoms with Crippen molar-refractivity contribution in [2.45, 2.75) is 57.5 Å². The van der Waals surface area contributed by atoms with Crippen molar-refractivity contribution in [3.05, 3.63) is 24.2 Å². The molecule has 2 fully saturated rings. The second kappa shape index (κ2) is 7.07. The Kier molecular flexibility index (Phi) is 5.09. The molecule has 23 heavy (non-hydrogen) atoms. The predicted octanol–water partition coefficient (Wildman–Crippen LogP) is 2.77. The molecule has 0 N–H and O–H groups in total. The standard InChI is InChI=1S/C17H25NO4S/c19-17(10-14-7-9-23(20,21)13-14)18(11-15-6-8-22-12-15)16-4-2-1-3-5-16/h6,8,12,14,16H,1-5,7,9-11,13H2. The summed E-state index contributed by atoms with van der Waals surface area (Å²) in [5.74, 6) is 0.488. The van der Waals surface area contributed by atoms with E-state index in [1.54, 1.807) is 12.5 Å². The van der Waals surface area contributed by atoms with Crippen molar-refractivity contribution in [3.63, 3.8) is 0 Å². The highest BCUT2D eigenvalue weighted by atomic mass is 32.2. The van der Waals surface area contributed by atoms with Gasteiger partial charge in [0.15, 0.2) is 9.84 Å². The number of hydrogen-bond donors (Lipinski definition) is 0. The van der Waals surface area contributed by atoms with Crippen molar-refractivity contribution in [1.29, 1.82) is 0 Å². The first-order chi connectivity index (χ1) is 11.0. The molecule has 1 aliphatic carbocycles. The summed E-state index contributed by atoms with van der Waals surface area (Å²) in [5, 5.41) is 0. The van der Waals surface area contributed by atoms with Crippen molar-refractivity contribution < 1.29 is 17.6 Å². The number of furan rings is 1. The molecule has 2 aliphatic rings. The Balaban J connectivity index is 1.67. The zero-order valence-electron chi connectivity index (χ0n) is 13.4. The van der Waals surface area contributed by atoms with E-state index >= 15 is 0 Å². The molecule has 0 aromatic carbocycles. The van der Waals surface area contributed by atoms with Crippen LogP contribution in [0.2, 0.25) is 0 Å². The molecule has 0 bridgehead atoms. The molecule has 1 aromatic rings. The molecule has 0 radical (unpaired) electrons. The van der Waals surface area contributed by atoms with Crippen LogP contribution in [0.1, 0.15) is 50.5 Å². The third-order valence-electron chi connectivity index (χ3n) is 5.06. The summed E-state index contributed by atoms with van der Waals surface area (Å²) in [4.78, 5) is 14.8. The van der Waals surface area contributed by atoms with E-state index in [1.807, 2.05) is 11.0 Å². The van der Waals surface area contributed by atoms with Gasteiger partial charge in [0.25, 0.3) is 0 Å². The van der Waals surface area contributed by atoms with E-state index in [9.17, 15) is 13.2 Å². The van der Waals surface area contributed by atoms with Crippen molar-refractivity contribution >= 4 is 15.7 Å². The topological polar surface area (TPSA) is 67.6 Å². The van der Waals surface area contributed by atoms with Crippen LogP contribution in [0, 0.1) is 5.92 Å². The summed E-state index contributed by atoms with van der Waals surface area (Å²) in [7, 11) is -2.93. The number of nitrogens with zero attached hydrogens (tertiary/aromatic N) is 1. The lowest BCUT2D eigenvalue weighted by atomic mass is 9.93. The van der Waals surface area contributed by atoms with Crippen molar-refractivity contribution in [2.75, 3.05) is 11.5 Å². The first-order valence-electron chi connectivity index (χ1n) is 8.54. The maximum atomic E-state index is 12.8. The summed E-state index contributed by atoms with van der Waals surface area (Å²) in [6, 6.07) is 2.17. The van der Waals surface area contributed by atoms with E-state index in [1.165, 1.54) is 6.42 Å². The molecule has 1 saturated heterocycles. The van der Waals surface area contributed by atoms with E-state index in [0.717, 1.165) is 31.2 Å². The average molecular weight is 339 g/mol. The van der Waals surface area contributed by atoms with Gasteiger partial charge in [-0.05, 0) is 31.2 Å². The number of amides is 1. The molecule has 2 heterocycles. The van der Waals surface area contributed by atoms with Crippen LogP contribution in [0.5, 0.6) is 0 Å². The molecule has 1 saturated carbocycles. The molecule has 0 spiro atoms. The Morgan fingerprint density at radius 1 is 1.22 bits per heavy atom. The number of rotatable bonds is 5. The fourth-order valence-corrected chi connectivity index (χ4v) is 5.65. The SMILES string of the molecule is O=C(CC1CCS(=O)(=O)C1)N(Cc1ccoc1)C1CCCCC1. The maximum Gasteiger partial charge on any atom is 0.223 e. The average Bonchev–Trinajstić information content (AvgIpc) is 3.15. The summed E-state index contributed by atoms with van der Waals surface area (Å²) in [6.07, 6.45) is 9.96. The van der Waals surface area contributed by atoms with Crippen LogP contribution in [0.4, 0.5) is 0 Å². The van der Waals surface area contributed by atoms with Gasteiger partial charge in [-0.15, -0.1) is 0 Å². The van der Waals surface area contributed by atoms with E-state index in [0.29, 0.717) is 19.4 Å². The highest BCUT2D eigenvalue weighted by Gasteiger charge is 2.32. The summed E-state index contributed by atoms with van der Waals surface area (Å²) in [5.41, 5.74) is 1.00. The van der Waals surface area contributed by atoms with Gasteiger partial charge < -0.3 is 9.32 Å². The Hall–Kier alpha value is -1.30. The van der Waals surface area contributed by atoms with Gasteiger partial charge in [-0.25, -0.2) is 8.42 Å². The molecule has 1 amide bonds. The molecule has 1 unspecified atom stereocenters. The fourth-order valence-electron chi connectivity index (χ4n) is 3.79. The van der Waals surface area contributed by atoms with Crippen LogP contribution in [-0.4, -0.2) is 36.8 Å². The van der Waals surface area contributed by atoms with Crippen LogP contribution in [0.25, 0.3) is 0 Å². The minimum atomic E-state index is -2.93. The van der Waals surface area contributed by atoms with E-state index in [4.69, 9.17) is 4.42 Å². The third kappa shape index (κ3) is 4.37. The van der Waals surface area contributed by atoms with Crippen LogP contribution in [0.15, 0.2) is 23.0 Å². The lowest BCUT2D eigenvalue weighted by Crippen LogP contribution is -2.41. The van der Waals surface area contributed by atoms with Crippen molar-refractivity contribution in [2.24, 2.45) is 5.92 Å². The molecule has 128 valence electrons. The summed E-state index contributed by atoms with van der Waals surface area (Å²) >= 11 is 0. The highest BCUT2D eigenvalue weighted by Crippen LogP contribution is 2.28. The molecule has 1 aromatic heterocycles. The lowest BCUT2D eigenvalue weighted by Gasteiger charge is -2.35. The van der Waals surface area contributed by atoms with Crippen molar-refractivity contribution in [1.82, 2.24) is 4.90 Å². The zero-order valence-corrected chi connectivity index (χ0v) is 14.3. The monoisotopic (exact) mass is 339 g/mol. The molecule has 3 rings (SSSR count). The van der Waals surface area contributed by atoms with Gasteiger partial charge in [0, 0.05) is 24.6 Å². The molecule has 1 atom stereocenters. The Bertz CT molecular complexity index is 617. The smallest absolute Gasteiger partial charge is 0.223 e. The van der Waals surface area contributed by atoms with Gasteiger partial charge in [0.1, 0.15) is 0 Å². The third-order valence-corrected chi connectivity index (χ3v) is 6.90. The van der Waals surface area contributed by atoms with E-state index in [2.05, 4.69) is 0 Å². The fraction of sp³-hybridized carbons (Fsp3) is 0.706. The molecule has 1 aliphatic heterocycles. The summed E-state index contributed by atoms with van der Waals surface area (Å²) in [6.45, 7) is 0.569. The van der Waals surface area contributed by atoms with Gasteiger partial charge in [-0.1, -0.05) is 19.3 Å². The summed E-state index contributed by atoms with van der Waals surface area (Å²) < 4.78 is 28.4. The number of sulfone groups is 1. The van der Waals surface area contributed by atoms with Crippen LogP contribution >= 0.6 is 0 Å². The first-order valence-corrected chi connectivity index (χ1v) is 10.4. The number of carbonyl (C=O) groups is 1. The van der Waals surface area contributed by atoms with Crippen LogP contribution in [-0.2, 0) is 21.2 Å². The molecular formula is C17H25NO4S. The Labute approximate surface area is 138 Å². The van der Waals surface area contributed by atoms with Gasteiger partial charge >= 0.3 is 0 Å². The maximum absolute atomic E-state index is 12.8. The largest absolute Gasteiger partial charge is 0.472 e. The normalized spacial score (nSPS) is 24.6.